The van der Waals surface area contributed by atoms with E-state index in [1.807, 2.05) is 0 Å². The van der Waals surface area contributed by atoms with Crippen molar-refractivity contribution in [2.45, 2.75) is 75.6 Å². The molecule has 17 heteroatoms. The normalized spacial score (nSPS) is 29.5. The van der Waals surface area contributed by atoms with Gasteiger partial charge in [-0.1, -0.05) is 36.1 Å². The van der Waals surface area contributed by atoms with E-state index in [1.54, 1.807) is 0 Å². The molecule has 1 heterocycles. The standard InChI is InChI=1S/C24H33F5N2O10/c1-6-36-19(32)20(33-3)22(34-4,37-7-2)31(41-35-5)21(25,26)23(40-24(27,28)29,38-17-13-9-8-10-14-17)30(20)39-18-15-11-12-16-18/h8-10,13-14,18H,6-7,11-12,15-16H2,1-5H3. The predicted molar refractivity (Wildman–Crippen MR) is 125 cm³/mol. The van der Waals surface area contributed by atoms with E-state index in [4.69, 9.17) is 33.5 Å². The van der Waals surface area contributed by atoms with E-state index in [0.717, 1.165) is 33.5 Å². The van der Waals surface area contributed by atoms with Gasteiger partial charge in [-0.15, -0.1) is 18.2 Å². The summed E-state index contributed by atoms with van der Waals surface area (Å²) < 4.78 is 108. The summed E-state index contributed by atoms with van der Waals surface area (Å²) in [6, 6.07) is 1.07. The second kappa shape index (κ2) is 13.0. The van der Waals surface area contributed by atoms with Crippen molar-refractivity contribution in [2.75, 3.05) is 34.5 Å². The van der Waals surface area contributed by atoms with Crippen LogP contribution in [0, 0.1) is 0 Å². The first kappa shape index (κ1) is 33.3. The van der Waals surface area contributed by atoms with Gasteiger partial charge >= 0.3 is 35.9 Å². The van der Waals surface area contributed by atoms with Crippen molar-refractivity contribution >= 4 is 5.97 Å². The van der Waals surface area contributed by atoms with Crippen LogP contribution in [0.2, 0.25) is 0 Å². The number of carbonyl (C=O) groups excluding carboxylic acids is 1. The van der Waals surface area contributed by atoms with Crippen LogP contribution in [0.15, 0.2) is 30.3 Å². The zero-order valence-electron chi connectivity index (χ0n) is 23.1. The highest BCUT2D eigenvalue weighted by atomic mass is 19.4. The van der Waals surface area contributed by atoms with Crippen molar-refractivity contribution in [1.29, 1.82) is 0 Å². The van der Waals surface area contributed by atoms with Crippen molar-refractivity contribution in [1.82, 2.24) is 10.1 Å². The molecule has 0 amide bonds. The lowest BCUT2D eigenvalue weighted by Gasteiger charge is -2.62. The third-order valence-corrected chi connectivity index (χ3v) is 6.31. The van der Waals surface area contributed by atoms with Gasteiger partial charge in [-0.3, -0.25) is 4.84 Å². The molecule has 0 N–H and O–H groups in total. The van der Waals surface area contributed by atoms with Gasteiger partial charge in [0.15, 0.2) is 0 Å². The fourth-order valence-corrected chi connectivity index (χ4v) is 4.77. The molecule has 1 aromatic carbocycles. The number of rotatable bonds is 13. The SMILES string of the molecule is CCOC(=O)C1(OC)N(OC2CCCC2)C(Oc2ccccc2)(OC(F)(F)F)C(F)(F)N(OOC)C1(OC)OCC. The summed E-state index contributed by atoms with van der Waals surface area (Å²) in [7, 11) is 2.39. The number of esters is 1. The first-order chi connectivity index (χ1) is 19.4. The van der Waals surface area contributed by atoms with Gasteiger partial charge in [0.25, 0.3) is 0 Å². The van der Waals surface area contributed by atoms with Crippen LogP contribution in [-0.4, -0.2) is 86.7 Å². The molecule has 0 radical (unpaired) electrons. The summed E-state index contributed by atoms with van der Waals surface area (Å²) in [6.45, 7) is 1.81. The maximum absolute atomic E-state index is 16.9. The minimum atomic E-state index is -5.85. The Balaban J connectivity index is 2.52. The van der Waals surface area contributed by atoms with Crippen molar-refractivity contribution in [3.63, 3.8) is 0 Å². The Morgan fingerprint density at radius 3 is 2.07 bits per heavy atom. The average molecular weight is 605 g/mol. The van der Waals surface area contributed by atoms with Gasteiger partial charge < -0.3 is 23.7 Å². The average Bonchev–Trinajstić information content (AvgIpc) is 3.43. The van der Waals surface area contributed by atoms with Gasteiger partial charge in [-0.2, -0.15) is 8.78 Å². The van der Waals surface area contributed by atoms with Crippen molar-refractivity contribution in [2.24, 2.45) is 0 Å². The van der Waals surface area contributed by atoms with E-state index in [2.05, 4.69) is 9.62 Å². The molecular weight excluding hydrogens is 571 g/mol. The number of para-hydroxylation sites is 1. The Morgan fingerprint density at radius 1 is 0.951 bits per heavy atom. The predicted octanol–water partition coefficient (Wildman–Crippen LogP) is 4.08. The summed E-state index contributed by atoms with van der Waals surface area (Å²) in [4.78, 5) is 28.9. The van der Waals surface area contributed by atoms with Gasteiger partial charge in [0.2, 0.25) is 0 Å². The molecule has 41 heavy (non-hydrogen) atoms. The maximum Gasteiger partial charge on any atom is 0.527 e. The lowest BCUT2D eigenvalue weighted by molar-refractivity contribution is -0.680. The summed E-state index contributed by atoms with van der Waals surface area (Å²) in [5.41, 5.74) is -3.32. The van der Waals surface area contributed by atoms with E-state index in [1.165, 1.54) is 32.0 Å². The number of hydroxylamine groups is 4. The van der Waals surface area contributed by atoms with Crippen LogP contribution in [0.4, 0.5) is 22.0 Å². The van der Waals surface area contributed by atoms with E-state index in [0.29, 0.717) is 12.8 Å². The minimum Gasteiger partial charge on any atom is -0.463 e. The summed E-state index contributed by atoms with van der Waals surface area (Å²) in [5.74, 6) is -9.85. The van der Waals surface area contributed by atoms with Crippen molar-refractivity contribution in [3.05, 3.63) is 30.3 Å². The van der Waals surface area contributed by atoms with Gasteiger partial charge in [-0.25, -0.2) is 14.4 Å². The molecular formula is C24H33F5N2O10. The number of halogens is 5. The number of hydrogen-bond donors (Lipinski definition) is 0. The maximum atomic E-state index is 16.9. The van der Waals surface area contributed by atoms with E-state index in [9.17, 15) is 18.0 Å². The van der Waals surface area contributed by atoms with Gasteiger partial charge in [0.1, 0.15) is 5.75 Å². The molecule has 0 aromatic heterocycles. The lowest BCUT2D eigenvalue weighted by atomic mass is 10.0. The first-order valence-electron chi connectivity index (χ1n) is 12.6. The van der Waals surface area contributed by atoms with Crippen LogP contribution in [0.3, 0.4) is 0 Å². The number of piperazine rings is 1. The number of methoxy groups -OCH3 is 2. The van der Waals surface area contributed by atoms with Crippen LogP contribution in [0.5, 0.6) is 5.75 Å². The Morgan fingerprint density at radius 2 is 1.59 bits per heavy atom. The molecule has 1 aromatic rings. The minimum absolute atomic E-state index is 0.177. The molecule has 3 rings (SSSR count). The van der Waals surface area contributed by atoms with Crippen LogP contribution >= 0.6 is 0 Å². The lowest BCUT2D eigenvalue weighted by Crippen LogP contribution is -2.92. The van der Waals surface area contributed by atoms with Crippen LogP contribution < -0.4 is 4.74 Å². The highest BCUT2D eigenvalue weighted by Gasteiger charge is 2.90. The Bertz CT molecular complexity index is 1000. The molecule has 2 aliphatic rings. The van der Waals surface area contributed by atoms with E-state index < -0.39 is 59.4 Å². The highest BCUT2D eigenvalue weighted by molar-refractivity contribution is 5.81. The van der Waals surface area contributed by atoms with E-state index >= 15 is 8.78 Å². The number of carbonyl (C=O) groups is 1. The number of alkyl halides is 5. The smallest absolute Gasteiger partial charge is 0.463 e. The Kier molecular flexibility index (Phi) is 10.5. The Hall–Kier alpha value is -2.22. The third-order valence-electron chi connectivity index (χ3n) is 6.31. The summed E-state index contributed by atoms with van der Waals surface area (Å²) in [6.07, 6.45) is -5.34. The molecule has 3 unspecified atom stereocenters. The van der Waals surface area contributed by atoms with Crippen molar-refractivity contribution in [3.8, 4) is 5.75 Å². The molecule has 12 nitrogen and oxygen atoms in total. The number of benzene rings is 1. The largest absolute Gasteiger partial charge is 0.527 e. The number of nitrogens with zero attached hydrogens (tertiary/aromatic N) is 2. The monoisotopic (exact) mass is 604 g/mol. The second-order valence-electron chi connectivity index (χ2n) is 8.72. The summed E-state index contributed by atoms with van der Waals surface area (Å²) >= 11 is 0. The zero-order chi connectivity index (χ0) is 30.5. The highest BCUT2D eigenvalue weighted by Crippen LogP contribution is 2.58. The zero-order valence-corrected chi connectivity index (χ0v) is 23.1. The van der Waals surface area contributed by atoms with Crippen LogP contribution in [0.25, 0.3) is 0 Å². The molecule has 0 bridgehead atoms. The molecule has 1 saturated carbocycles. The topological polar surface area (TPSA) is 107 Å². The van der Waals surface area contributed by atoms with Gasteiger partial charge in [-0.05, 0) is 43.9 Å². The van der Waals surface area contributed by atoms with Crippen LogP contribution in [-0.2, 0) is 43.2 Å². The quantitative estimate of drug-likeness (QED) is 0.0809. The molecule has 3 atom stereocenters. The van der Waals surface area contributed by atoms with Crippen LogP contribution in [0.1, 0.15) is 39.5 Å². The second-order valence-corrected chi connectivity index (χ2v) is 8.72. The molecule has 2 fully saturated rings. The van der Waals surface area contributed by atoms with E-state index in [-0.39, 0.29) is 24.5 Å². The van der Waals surface area contributed by atoms with Gasteiger partial charge in [0, 0.05) is 20.8 Å². The summed E-state index contributed by atoms with van der Waals surface area (Å²) in [5, 5.41) is -0.781. The fourth-order valence-electron chi connectivity index (χ4n) is 4.77. The molecule has 234 valence electrons. The molecule has 1 aliphatic heterocycles. The first-order valence-corrected chi connectivity index (χ1v) is 12.6. The molecule has 1 aliphatic carbocycles. The van der Waals surface area contributed by atoms with Gasteiger partial charge in [0.05, 0.1) is 19.8 Å². The Labute approximate surface area is 232 Å². The number of ether oxygens (including phenoxy) is 6. The molecule has 1 saturated heterocycles. The number of hydrogen-bond acceptors (Lipinski definition) is 12. The van der Waals surface area contributed by atoms with Crippen molar-refractivity contribution < 1.29 is 69.9 Å². The third kappa shape index (κ3) is 5.74. The molecule has 0 spiro atoms. The fraction of sp³-hybridized carbons (Fsp3) is 0.708.